The Hall–Kier alpha value is -2.11. The molecule has 5 nitrogen and oxygen atoms in total. The van der Waals surface area contributed by atoms with Gasteiger partial charge in [0.25, 0.3) is 5.91 Å². The van der Waals surface area contributed by atoms with Crippen LogP contribution in [0.15, 0.2) is 42.6 Å². The van der Waals surface area contributed by atoms with E-state index in [1.165, 1.54) is 6.42 Å². The Morgan fingerprint density at radius 3 is 2.75 bits per heavy atom. The van der Waals surface area contributed by atoms with Gasteiger partial charge in [0.1, 0.15) is 5.75 Å². The number of amides is 1. The predicted octanol–water partition coefficient (Wildman–Crippen LogP) is 3.01. The van der Waals surface area contributed by atoms with E-state index in [1.54, 1.807) is 42.6 Å². The first-order chi connectivity index (χ1) is 11.7. The van der Waals surface area contributed by atoms with Gasteiger partial charge in [-0.15, -0.1) is 0 Å². The van der Waals surface area contributed by atoms with E-state index < -0.39 is 0 Å². The van der Waals surface area contributed by atoms with Gasteiger partial charge in [0.15, 0.2) is 10.9 Å². The second kappa shape index (κ2) is 6.42. The van der Waals surface area contributed by atoms with Crippen LogP contribution in [0.1, 0.15) is 23.2 Å². The molecule has 3 atom stereocenters. The summed E-state index contributed by atoms with van der Waals surface area (Å²) in [6, 6.07) is 11.2. The Kier molecular flexibility index (Phi) is 4.12. The van der Waals surface area contributed by atoms with Gasteiger partial charge in [-0.05, 0) is 61.7 Å². The van der Waals surface area contributed by atoms with Crippen LogP contribution in [0, 0.1) is 5.92 Å². The molecule has 1 aliphatic heterocycles. The average Bonchev–Trinajstić information content (AvgIpc) is 3.20. The number of fused-ring (bicyclic) bond motifs is 2. The normalized spacial score (nSPS) is 24.8. The SMILES string of the molecule is O=C(NC1CC2CNC1C2)c1ccc(Oc2cccnc2Cl)cc1. The standard InChI is InChI=1S/C18H18ClN3O2/c19-17-16(2-1-7-20-17)24-13-5-3-12(4-6-13)18(23)22-15-9-11-8-14(15)21-10-11/h1-7,11,14-15,21H,8-10H2,(H,22,23). The Labute approximate surface area is 145 Å². The van der Waals surface area contributed by atoms with Crippen molar-refractivity contribution in [2.24, 2.45) is 5.92 Å². The number of carbonyl (C=O) groups is 1. The zero-order valence-electron chi connectivity index (χ0n) is 13.0. The largest absolute Gasteiger partial charge is 0.454 e. The molecule has 4 rings (SSSR count). The lowest BCUT2D eigenvalue weighted by atomic mass is 10.1. The van der Waals surface area contributed by atoms with Gasteiger partial charge >= 0.3 is 0 Å². The third kappa shape index (κ3) is 3.09. The van der Waals surface area contributed by atoms with E-state index in [9.17, 15) is 4.79 Å². The molecule has 3 unspecified atom stereocenters. The quantitative estimate of drug-likeness (QED) is 0.838. The number of pyridine rings is 1. The first-order valence-corrected chi connectivity index (χ1v) is 8.49. The number of ether oxygens (including phenoxy) is 1. The highest BCUT2D eigenvalue weighted by molar-refractivity contribution is 6.30. The molecule has 0 spiro atoms. The number of halogens is 1. The van der Waals surface area contributed by atoms with E-state index in [2.05, 4.69) is 15.6 Å². The van der Waals surface area contributed by atoms with Crippen LogP contribution in [-0.4, -0.2) is 29.5 Å². The summed E-state index contributed by atoms with van der Waals surface area (Å²) in [5, 5.41) is 6.89. The number of piperidine rings is 1. The molecule has 2 N–H and O–H groups in total. The molecule has 0 radical (unpaired) electrons. The molecule has 6 heteroatoms. The third-order valence-corrected chi connectivity index (χ3v) is 5.00. The first kappa shape index (κ1) is 15.4. The Balaban J connectivity index is 1.40. The molecule has 2 aromatic rings. The summed E-state index contributed by atoms with van der Waals surface area (Å²) >= 11 is 5.98. The minimum Gasteiger partial charge on any atom is -0.454 e. The second-order valence-corrected chi connectivity index (χ2v) is 6.71. The number of carbonyl (C=O) groups excluding carboxylic acids is 1. The maximum Gasteiger partial charge on any atom is 0.251 e. The number of aromatic nitrogens is 1. The summed E-state index contributed by atoms with van der Waals surface area (Å²) in [6.07, 6.45) is 3.85. The molecule has 124 valence electrons. The van der Waals surface area contributed by atoms with Crippen LogP contribution in [0.3, 0.4) is 0 Å². The number of rotatable bonds is 4. The van der Waals surface area contributed by atoms with Crippen molar-refractivity contribution in [3.63, 3.8) is 0 Å². The number of benzene rings is 1. The lowest BCUT2D eigenvalue weighted by Gasteiger charge is -2.24. The maximum atomic E-state index is 12.4. The molecule has 2 bridgehead atoms. The van der Waals surface area contributed by atoms with Crippen LogP contribution >= 0.6 is 11.6 Å². The molecule has 1 saturated carbocycles. The van der Waals surface area contributed by atoms with Gasteiger partial charge in [-0.1, -0.05) is 11.6 Å². The maximum absolute atomic E-state index is 12.4. The van der Waals surface area contributed by atoms with Crippen molar-refractivity contribution in [2.45, 2.75) is 24.9 Å². The van der Waals surface area contributed by atoms with E-state index in [0.717, 1.165) is 13.0 Å². The van der Waals surface area contributed by atoms with Gasteiger partial charge in [-0.2, -0.15) is 0 Å². The van der Waals surface area contributed by atoms with Crippen LogP contribution in [0.25, 0.3) is 0 Å². The molecule has 24 heavy (non-hydrogen) atoms. The molecular formula is C18H18ClN3O2. The summed E-state index contributed by atoms with van der Waals surface area (Å²) in [5.41, 5.74) is 0.627. The highest BCUT2D eigenvalue weighted by atomic mass is 35.5. The van der Waals surface area contributed by atoms with Gasteiger partial charge in [0.2, 0.25) is 0 Å². The van der Waals surface area contributed by atoms with Gasteiger partial charge in [0, 0.05) is 23.8 Å². The monoisotopic (exact) mass is 343 g/mol. The molecule has 2 aliphatic rings. The van der Waals surface area contributed by atoms with E-state index in [1.807, 2.05) is 0 Å². The average molecular weight is 344 g/mol. The molecule has 1 aromatic carbocycles. The fraction of sp³-hybridized carbons (Fsp3) is 0.333. The Morgan fingerprint density at radius 1 is 1.25 bits per heavy atom. The van der Waals surface area contributed by atoms with Crippen molar-refractivity contribution in [2.75, 3.05) is 6.54 Å². The number of hydrogen-bond donors (Lipinski definition) is 2. The summed E-state index contributed by atoms with van der Waals surface area (Å²) in [4.78, 5) is 16.4. The highest BCUT2D eigenvalue weighted by Crippen LogP contribution is 2.31. The van der Waals surface area contributed by atoms with Crippen molar-refractivity contribution in [1.29, 1.82) is 0 Å². The van der Waals surface area contributed by atoms with Crippen molar-refractivity contribution in [3.8, 4) is 11.5 Å². The fourth-order valence-corrected chi connectivity index (χ4v) is 3.67. The van der Waals surface area contributed by atoms with E-state index >= 15 is 0 Å². The molecule has 1 amide bonds. The topological polar surface area (TPSA) is 63.2 Å². The van der Waals surface area contributed by atoms with E-state index in [4.69, 9.17) is 16.3 Å². The predicted molar refractivity (Wildman–Crippen MR) is 91.5 cm³/mol. The van der Waals surface area contributed by atoms with Crippen molar-refractivity contribution in [3.05, 3.63) is 53.3 Å². The lowest BCUT2D eigenvalue weighted by Crippen LogP contribution is -2.47. The molecule has 2 heterocycles. The first-order valence-electron chi connectivity index (χ1n) is 8.12. The molecule has 1 aliphatic carbocycles. The van der Waals surface area contributed by atoms with E-state index in [-0.39, 0.29) is 11.9 Å². The van der Waals surface area contributed by atoms with Crippen molar-refractivity contribution >= 4 is 17.5 Å². The van der Waals surface area contributed by atoms with Crippen LogP contribution in [-0.2, 0) is 0 Å². The zero-order chi connectivity index (χ0) is 16.5. The van der Waals surface area contributed by atoms with Gasteiger partial charge in [-0.25, -0.2) is 4.98 Å². The highest BCUT2D eigenvalue weighted by Gasteiger charge is 2.39. The minimum absolute atomic E-state index is 0.0414. The smallest absolute Gasteiger partial charge is 0.251 e. The summed E-state index contributed by atoms with van der Waals surface area (Å²) < 4.78 is 5.68. The van der Waals surface area contributed by atoms with Crippen molar-refractivity contribution < 1.29 is 9.53 Å². The van der Waals surface area contributed by atoms with Gasteiger partial charge in [-0.3, -0.25) is 4.79 Å². The summed E-state index contributed by atoms with van der Waals surface area (Å²) in [5.74, 6) is 1.77. The molecule has 1 aromatic heterocycles. The number of nitrogens with zero attached hydrogens (tertiary/aromatic N) is 1. The summed E-state index contributed by atoms with van der Waals surface area (Å²) in [6.45, 7) is 1.08. The van der Waals surface area contributed by atoms with Crippen LogP contribution in [0.2, 0.25) is 5.15 Å². The summed E-state index contributed by atoms with van der Waals surface area (Å²) in [7, 11) is 0. The van der Waals surface area contributed by atoms with Crippen LogP contribution in [0.5, 0.6) is 11.5 Å². The molecule has 2 fully saturated rings. The van der Waals surface area contributed by atoms with Crippen LogP contribution in [0.4, 0.5) is 0 Å². The lowest BCUT2D eigenvalue weighted by molar-refractivity contribution is 0.0928. The third-order valence-electron chi connectivity index (χ3n) is 4.71. The minimum atomic E-state index is -0.0414. The Morgan fingerprint density at radius 2 is 2.08 bits per heavy atom. The fourth-order valence-electron chi connectivity index (χ4n) is 3.51. The van der Waals surface area contributed by atoms with E-state index in [0.29, 0.717) is 34.2 Å². The van der Waals surface area contributed by atoms with Gasteiger partial charge in [0.05, 0.1) is 0 Å². The Bertz CT molecular complexity index is 750. The number of nitrogens with one attached hydrogen (secondary N) is 2. The molecule has 1 saturated heterocycles. The molecular weight excluding hydrogens is 326 g/mol. The second-order valence-electron chi connectivity index (χ2n) is 6.35. The number of hydrogen-bond acceptors (Lipinski definition) is 4. The van der Waals surface area contributed by atoms with Crippen molar-refractivity contribution in [1.82, 2.24) is 15.6 Å². The van der Waals surface area contributed by atoms with Crippen LogP contribution < -0.4 is 15.4 Å². The zero-order valence-corrected chi connectivity index (χ0v) is 13.8. The van der Waals surface area contributed by atoms with Gasteiger partial charge < -0.3 is 15.4 Å².